The van der Waals surface area contributed by atoms with Crippen molar-refractivity contribution in [1.82, 2.24) is 20.4 Å². The van der Waals surface area contributed by atoms with Crippen molar-refractivity contribution in [1.29, 1.82) is 0 Å². The van der Waals surface area contributed by atoms with Crippen molar-refractivity contribution in [3.05, 3.63) is 23.4 Å². The number of hydrogen-bond donors (Lipinski definition) is 2. The van der Waals surface area contributed by atoms with Crippen LogP contribution in [-0.4, -0.2) is 68.4 Å². The highest BCUT2D eigenvalue weighted by molar-refractivity contribution is 5.96. The van der Waals surface area contributed by atoms with Crippen LogP contribution in [0.3, 0.4) is 0 Å². The van der Waals surface area contributed by atoms with E-state index in [1.54, 1.807) is 6.08 Å². The Kier molecular flexibility index (Phi) is 11.9. The molecule has 1 rings (SSSR count). The molecule has 0 aromatic carbocycles. The average Bonchev–Trinajstić information content (AvgIpc) is 2.54. The smallest absolute Gasteiger partial charge is 0.252 e. The maximum Gasteiger partial charge on any atom is 0.252 e. The molecule has 0 aromatic rings. The number of carbonyl (C=O) groups is 2. The number of nitrogens with one attached hydrogen (secondary N) is 2. The summed E-state index contributed by atoms with van der Waals surface area (Å²) in [7, 11) is 2.12. The molecule has 1 saturated heterocycles. The van der Waals surface area contributed by atoms with Gasteiger partial charge in [0.05, 0.1) is 5.57 Å². The lowest BCUT2D eigenvalue weighted by Gasteiger charge is -2.32. The Morgan fingerprint density at radius 2 is 1.74 bits per heavy atom. The summed E-state index contributed by atoms with van der Waals surface area (Å²) in [4.78, 5) is 27.1. The number of allylic oxidation sites excluding steroid dienone is 1. The van der Waals surface area contributed by atoms with E-state index in [2.05, 4.69) is 27.5 Å². The molecule has 0 aliphatic carbocycles. The van der Waals surface area contributed by atoms with Crippen LogP contribution >= 0.6 is 0 Å². The lowest BCUT2D eigenvalue weighted by atomic mass is 10.2. The zero-order valence-corrected chi connectivity index (χ0v) is 15.2. The van der Waals surface area contributed by atoms with Gasteiger partial charge in [-0.05, 0) is 27.0 Å². The number of likely N-dealkylation sites (N-methyl/N-ethyl adjacent to an activating group) is 1. The fourth-order valence-electron chi connectivity index (χ4n) is 2.11. The monoisotopic (exact) mass is 324 g/mol. The number of rotatable bonds is 7. The molecule has 23 heavy (non-hydrogen) atoms. The molecule has 0 saturated carbocycles. The van der Waals surface area contributed by atoms with E-state index in [4.69, 9.17) is 0 Å². The van der Waals surface area contributed by atoms with E-state index in [0.717, 1.165) is 38.3 Å². The van der Waals surface area contributed by atoms with Gasteiger partial charge in [0.15, 0.2) is 0 Å². The quantitative estimate of drug-likeness (QED) is 0.416. The van der Waals surface area contributed by atoms with Gasteiger partial charge in [-0.3, -0.25) is 14.5 Å². The molecule has 0 spiro atoms. The van der Waals surface area contributed by atoms with Crippen molar-refractivity contribution in [3.8, 4) is 0 Å². The average molecular weight is 324 g/mol. The van der Waals surface area contributed by atoms with Crippen LogP contribution in [0.25, 0.3) is 0 Å². The highest BCUT2D eigenvalue weighted by Gasteiger charge is 2.13. The molecule has 1 aliphatic rings. The normalized spacial score (nSPS) is 16.0. The van der Waals surface area contributed by atoms with Gasteiger partial charge in [-0.15, -0.1) is 0 Å². The van der Waals surface area contributed by atoms with E-state index in [-0.39, 0.29) is 5.91 Å². The zero-order chi connectivity index (χ0) is 17.7. The summed E-state index contributed by atoms with van der Waals surface area (Å²) in [5, 5.41) is 5.31. The topological polar surface area (TPSA) is 64.7 Å². The van der Waals surface area contributed by atoms with Gasteiger partial charge < -0.3 is 15.5 Å². The van der Waals surface area contributed by atoms with Crippen molar-refractivity contribution < 1.29 is 9.59 Å². The summed E-state index contributed by atoms with van der Waals surface area (Å²) in [5.74, 6) is -0.167. The minimum Gasteiger partial charge on any atom is -0.351 e. The van der Waals surface area contributed by atoms with Crippen molar-refractivity contribution in [2.45, 2.75) is 27.7 Å². The van der Waals surface area contributed by atoms with Crippen LogP contribution in [0.2, 0.25) is 0 Å². The van der Waals surface area contributed by atoms with E-state index >= 15 is 0 Å². The lowest BCUT2D eigenvalue weighted by Crippen LogP contribution is -2.47. The summed E-state index contributed by atoms with van der Waals surface area (Å²) in [6.45, 7) is 13.5. The van der Waals surface area contributed by atoms with Gasteiger partial charge in [0, 0.05) is 45.5 Å². The third-order valence-corrected chi connectivity index (χ3v) is 3.32. The van der Waals surface area contributed by atoms with Crippen molar-refractivity contribution >= 4 is 12.3 Å². The summed E-state index contributed by atoms with van der Waals surface area (Å²) < 4.78 is 0. The Hall–Kier alpha value is -1.66. The number of carbonyl (C=O) groups excluding carboxylic acids is 2. The predicted octanol–water partition coefficient (Wildman–Crippen LogP) is 0.972. The van der Waals surface area contributed by atoms with Crippen LogP contribution in [0, 0.1) is 0 Å². The van der Waals surface area contributed by atoms with Crippen LogP contribution in [0.1, 0.15) is 27.7 Å². The minimum absolute atomic E-state index is 0.167. The van der Waals surface area contributed by atoms with Crippen molar-refractivity contribution in [2.75, 3.05) is 46.3 Å². The minimum atomic E-state index is -0.167. The second-order valence-electron chi connectivity index (χ2n) is 5.51. The summed E-state index contributed by atoms with van der Waals surface area (Å²) in [6.07, 6.45) is 3.73. The molecule has 132 valence electrons. The first-order chi connectivity index (χ1) is 11.0. The highest BCUT2D eigenvalue weighted by atomic mass is 16.1. The van der Waals surface area contributed by atoms with E-state index in [1.807, 2.05) is 27.7 Å². The van der Waals surface area contributed by atoms with Gasteiger partial charge in [0.1, 0.15) is 0 Å². The molecule has 0 radical (unpaired) electrons. The molecule has 0 aromatic heterocycles. The summed E-state index contributed by atoms with van der Waals surface area (Å²) in [6, 6.07) is 0. The van der Waals surface area contributed by atoms with Crippen LogP contribution in [0.4, 0.5) is 0 Å². The number of hydrogen-bond acceptors (Lipinski definition) is 4. The fourth-order valence-corrected chi connectivity index (χ4v) is 2.11. The molecular weight excluding hydrogens is 292 g/mol. The standard InChI is InChI=1S/C15H26N4O2.C2H6/c1-13(2)10-14(11-16-12-20)15(21)17-4-5-19-8-6-18(3)7-9-19;1-2/h10-12H,4-9H2,1-3H3,(H,16,20)(H,17,21);1-2H3/b14-11+;. The molecule has 0 unspecified atom stereocenters. The van der Waals surface area contributed by atoms with Crippen LogP contribution in [0.15, 0.2) is 23.4 Å². The summed E-state index contributed by atoms with van der Waals surface area (Å²) >= 11 is 0. The second-order valence-corrected chi connectivity index (χ2v) is 5.51. The molecule has 2 amide bonds. The van der Waals surface area contributed by atoms with Gasteiger partial charge in [-0.2, -0.15) is 0 Å². The molecule has 6 nitrogen and oxygen atoms in total. The lowest BCUT2D eigenvalue weighted by molar-refractivity contribution is -0.117. The Bertz CT molecular complexity index is 407. The van der Waals surface area contributed by atoms with Crippen molar-refractivity contribution in [3.63, 3.8) is 0 Å². The molecule has 1 fully saturated rings. The van der Waals surface area contributed by atoms with Gasteiger partial charge in [0.25, 0.3) is 5.91 Å². The van der Waals surface area contributed by atoms with Gasteiger partial charge in [-0.25, -0.2) is 0 Å². The predicted molar refractivity (Wildman–Crippen MR) is 95.0 cm³/mol. The number of amides is 2. The Morgan fingerprint density at radius 1 is 1.13 bits per heavy atom. The van der Waals surface area contributed by atoms with Gasteiger partial charge >= 0.3 is 0 Å². The molecule has 2 N–H and O–H groups in total. The molecule has 0 bridgehead atoms. The van der Waals surface area contributed by atoms with E-state index < -0.39 is 0 Å². The largest absolute Gasteiger partial charge is 0.351 e. The third-order valence-electron chi connectivity index (χ3n) is 3.32. The molecule has 1 heterocycles. The first-order valence-electron chi connectivity index (χ1n) is 8.27. The van der Waals surface area contributed by atoms with Gasteiger partial charge in [-0.1, -0.05) is 19.4 Å². The molecular formula is C17H32N4O2. The Labute approximate surface area is 140 Å². The van der Waals surface area contributed by atoms with E-state index in [1.165, 1.54) is 6.20 Å². The van der Waals surface area contributed by atoms with E-state index in [0.29, 0.717) is 18.5 Å². The highest BCUT2D eigenvalue weighted by Crippen LogP contribution is 2.02. The second kappa shape index (κ2) is 12.8. The van der Waals surface area contributed by atoms with Crippen LogP contribution < -0.4 is 10.6 Å². The maximum atomic E-state index is 12.1. The fraction of sp³-hybridized carbons (Fsp3) is 0.647. The maximum absolute atomic E-state index is 12.1. The first-order valence-corrected chi connectivity index (χ1v) is 8.27. The molecule has 0 atom stereocenters. The zero-order valence-electron chi connectivity index (χ0n) is 15.2. The van der Waals surface area contributed by atoms with E-state index in [9.17, 15) is 9.59 Å². The third kappa shape index (κ3) is 9.86. The first kappa shape index (κ1) is 21.3. The SMILES string of the molecule is CC.CC(C)=C/C(=C\NC=O)C(=O)NCCN1CCN(C)CC1. The Balaban J connectivity index is 0.00000232. The summed E-state index contributed by atoms with van der Waals surface area (Å²) in [5.41, 5.74) is 1.46. The van der Waals surface area contributed by atoms with Crippen molar-refractivity contribution in [2.24, 2.45) is 0 Å². The van der Waals surface area contributed by atoms with Crippen LogP contribution in [0.5, 0.6) is 0 Å². The van der Waals surface area contributed by atoms with Crippen LogP contribution in [-0.2, 0) is 9.59 Å². The number of piperazine rings is 1. The molecule has 6 heteroatoms. The molecule has 1 aliphatic heterocycles. The number of nitrogens with zero attached hydrogens (tertiary/aromatic N) is 2. The Morgan fingerprint density at radius 3 is 2.26 bits per heavy atom. The van der Waals surface area contributed by atoms with Gasteiger partial charge in [0.2, 0.25) is 6.41 Å².